The molecule has 1 aromatic carbocycles. The zero-order valence-corrected chi connectivity index (χ0v) is 20.2. The molecule has 2 heterocycles. The van der Waals surface area contributed by atoms with E-state index in [2.05, 4.69) is 18.8 Å². The van der Waals surface area contributed by atoms with Gasteiger partial charge in [-0.25, -0.2) is 13.8 Å². The number of carbonyl (C=O) groups excluding carboxylic acids is 2. The van der Waals surface area contributed by atoms with Crippen LogP contribution in [0.5, 0.6) is 0 Å². The van der Waals surface area contributed by atoms with Crippen molar-refractivity contribution >= 4 is 11.9 Å². The third-order valence-corrected chi connectivity index (χ3v) is 6.37. The lowest BCUT2D eigenvalue weighted by Crippen LogP contribution is -2.43. The van der Waals surface area contributed by atoms with Crippen molar-refractivity contribution in [3.8, 4) is 0 Å². The fourth-order valence-electron chi connectivity index (χ4n) is 4.07. The summed E-state index contributed by atoms with van der Waals surface area (Å²) in [6.07, 6.45) is 2.72. The molecule has 1 saturated heterocycles. The molecule has 7 nitrogen and oxygen atoms in total. The molecule has 1 aliphatic heterocycles. The lowest BCUT2D eigenvalue weighted by Gasteiger charge is -2.31. The standard InChI is InChI=1S/C25H33F2N3O4/c1-5-33-25(32)19-7-6-10-29(13-19)24(31)22-15-34-23(28-22)14-30(17(4)16(2)3)12-18-8-9-20(26)11-21(18)27/h8-9,11,15-17,19H,5-7,10,12-14H2,1-4H3. The average molecular weight is 478 g/mol. The number of hydrogen-bond donors (Lipinski definition) is 0. The molecule has 0 aliphatic carbocycles. The summed E-state index contributed by atoms with van der Waals surface area (Å²) in [7, 11) is 0. The predicted molar refractivity (Wildman–Crippen MR) is 122 cm³/mol. The third kappa shape index (κ3) is 6.40. The Morgan fingerprint density at radius 2 is 2.03 bits per heavy atom. The summed E-state index contributed by atoms with van der Waals surface area (Å²) in [5.74, 6) is -1.56. The largest absolute Gasteiger partial charge is 0.466 e. The molecule has 3 rings (SSSR count). The van der Waals surface area contributed by atoms with Crippen LogP contribution in [-0.2, 0) is 22.6 Å². The van der Waals surface area contributed by atoms with E-state index in [9.17, 15) is 18.4 Å². The first-order valence-electron chi connectivity index (χ1n) is 11.8. The molecule has 9 heteroatoms. The summed E-state index contributed by atoms with van der Waals surface area (Å²) in [5, 5.41) is 0. The van der Waals surface area contributed by atoms with Crippen molar-refractivity contribution in [2.75, 3.05) is 19.7 Å². The first-order chi connectivity index (χ1) is 16.2. The number of halogens is 2. The van der Waals surface area contributed by atoms with Crippen LogP contribution in [0.3, 0.4) is 0 Å². The van der Waals surface area contributed by atoms with Gasteiger partial charge in [0, 0.05) is 37.3 Å². The minimum atomic E-state index is -0.622. The number of carbonyl (C=O) groups is 2. The van der Waals surface area contributed by atoms with Gasteiger partial charge in [-0.2, -0.15) is 0 Å². The number of likely N-dealkylation sites (tertiary alicyclic amines) is 1. The van der Waals surface area contributed by atoms with Crippen molar-refractivity contribution in [1.82, 2.24) is 14.8 Å². The highest BCUT2D eigenvalue weighted by Gasteiger charge is 2.31. The fraction of sp³-hybridized carbons (Fsp3) is 0.560. The lowest BCUT2D eigenvalue weighted by atomic mass is 9.98. The summed E-state index contributed by atoms with van der Waals surface area (Å²) in [6.45, 7) is 9.53. The summed E-state index contributed by atoms with van der Waals surface area (Å²) >= 11 is 0. The van der Waals surface area contributed by atoms with Crippen LogP contribution in [0.2, 0.25) is 0 Å². The maximum atomic E-state index is 14.3. The second kappa shape index (κ2) is 11.6. The van der Waals surface area contributed by atoms with Crippen LogP contribution in [0.1, 0.15) is 62.5 Å². The number of nitrogens with zero attached hydrogens (tertiary/aromatic N) is 3. The zero-order valence-electron chi connectivity index (χ0n) is 20.2. The Bertz CT molecular complexity index is 994. The van der Waals surface area contributed by atoms with Crippen LogP contribution in [0.15, 0.2) is 28.9 Å². The summed E-state index contributed by atoms with van der Waals surface area (Å²) in [6, 6.07) is 3.59. The highest BCUT2D eigenvalue weighted by Crippen LogP contribution is 2.22. The van der Waals surface area contributed by atoms with Gasteiger partial charge in [0.15, 0.2) is 5.69 Å². The number of esters is 1. The van der Waals surface area contributed by atoms with E-state index in [0.29, 0.717) is 44.0 Å². The lowest BCUT2D eigenvalue weighted by molar-refractivity contribution is -0.149. The number of rotatable bonds is 9. The normalized spacial score (nSPS) is 17.3. The first-order valence-corrected chi connectivity index (χ1v) is 11.8. The van der Waals surface area contributed by atoms with Crippen molar-refractivity contribution in [2.45, 2.75) is 59.7 Å². The van der Waals surface area contributed by atoms with Gasteiger partial charge in [-0.15, -0.1) is 0 Å². The molecule has 0 spiro atoms. The van der Waals surface area contributed by atoms with Gasteiger partial charge in [0.25, 0.3) is 5.91 Å². The molecule has 0 N–H and O–H groups in total. The first kappa shape index (κ1) is 25.8. The van der Waals surface area contributed by atoms with Crippen LogP contribution in [0.4, 0.5) is 8.78 Å². The molecule has 34 heavy (non-hydrogen) atoms. The van der Waals surface area contributed by atoms with Crippen LogP contribution in [0.25, 0.3) is 0 Å². The Kier molecular flexibility index (Phi) is 8.77. The number of aromatic nitrogens is 1. The molecule has 0 bridgehead atoms. The fourth-order valence-corrected chi connectivity index (χ4v) is 4.07. The minimum Gasteiger partial charge on any atom is -0.466 e. The quantitative estimate of drug-likeness (QED) is 0.498. The Morgan fingerprint density at radius 3 is 2.71 bits per heavy atom. The smallest absolute Gasteiger partial charge is 0.310 e. The van der Waals surface area contributed by atoms with Gasteiger partial charge in [-0.1, -0.05) is 19.9 Å². The molecule has 1 aromatic heterocycles. The Morgan fingerprint density at radius 1 is 1.26 bits per heavy atom. The third-order valence-electron chi connectivity index (χ3n) is 6.37. The predicted octanol–water partition coefficient (Wildman–Crippen LogP) is 4.41. The second-order valence-electron chi connectivity index (χ2n) is 9.09. The number of ether oxygens (including phenoxy) is 1. The summed E-state index contributed by atoms with van der Waals surface area (Å²) in [4.78, 5) is 33.1. The Hall–Kier alpha value is -2.81. The van der Waals surface area contributed by atoms with Gasteiger partial charge < -0.3 is 14.1 Å². The summed E-state index contributed by atoms with van der Waals surface area (Å²) in [5.41, 5.74) is 0.541. The van der Waals surface area contributed by atoms with Crippen LogP contribution < -0.4 is 0 Å². The molecule has 2 atom stereocenters. The topological polar surface area (TPSA) is 75.9 Å². The highest BCUT2D eigenvalue weighted by atomic mass is 19.1. The van der Waals surface area contributed by atoms with Gasteiger partial charge in [0.05, 0.1) is 19.1 Å². The Labute approximate surface area is 199 Å². The second-order valence-corrected chi connectivity index (χ2v) is 9.09. The van der Waals surface area contributed by atoms with Gasteiger partial charge in [0.1, 0.15) is 17.9 Å². The number of piperidine rings is 1. The number of amides is 1. The van der Waals surface area contributed by atoms with Gasteiger partial charge in [0.2, 0.25) is 5.89 Å². The van der Waals surface area contributed by atoms with E-state index >= 15 is 0 Å². The highest BCUT2D eigenvalue weighted by molar-refractivity contribution is 5.92. The van der Waals surface area contributed by atoms with E-state index in [1.807, 2.05) is 11.8 Å². The van der Waals surface area contributed by atoms with Crippen LogP contribution >= 0.6 is 0 Å². The number of oxazole rings is 1. The van der Waals surface area contributed by atoms with Crippen molar-refractivity contribution in [3.63, 3.8) is 0 Å². The minimum absolute atomic E-state index is 0.0444. The van der Waals surface area contributed by atoms with E-state index in [0.717, 1.165) is 6.07 Å². The SMILES string of the molecule is CCOC(=O)C1CCCN(C(=O)c2coc(CN(Cc3ccc(F)cc3F)C(C)C(C)C)n2)C1. The molecule has 0 radical (unpaired) electrons. The van der Waals surface area contributed by atoms with E-state index in [-0.39, 0.29) is 48.5 Å². The number of hydrogen-bond acceptors (Lipinski definition) is 6. The van der Waals surface area contributed by atoms with Crippen molar-refractivity contribution in [1.29, 1.82) is 0 Å². The molecular formula is C25H33F2N3O4. The molecule has 2 unspecified atom stereocenters. The van der Waals surface area contributed by atoms with Crippen molar-refractivity contribution < 1.29 is 27.5 Å². The Balaban J connectivity index is 1.71. The van der Waals surface area contributed by atoms with Crippen LogP contribution in [-0.4, -0.2) is 52.4 Å². The molecule has 1 fully saturated rings. The van der Waals surface area contributed by atoms with Gasteiger partial charge >= 0.3 is 5.97 Å². The zero-order chi connectivity index (χ0) is 24.8. The van der Waals surface area contributed by atoms with E-state index in [4.69, 9.17) is 9.15 Å². The molecular weight excluding hydrogens is 444 g/mol. The van der Waals surface area contributed by atoms with Crippen molar-refractivity contribution in [2.24, 2.45) is 11.8 Å². The van der Waals surface area contributed by atoms with Gasteiger partial charge in [-0.3, -0.25) is 14.5 Å². The maximum Gasteiger partial charge on any atom is 0.310 e. The summed E-state index contributed by atoms with van der Waals surface area (Å²) < 4.78 is 38.3. The monoisotopic (exact) mass is 477 g/mol. The molecule has 1 amide bonds. The number of benzene rings is 1. The van der Waals surface area contributed by atoms with E-state index < -0.39 is 11.6 Å². The maximum absolute atomic E-state index is 14.3. The van der Waals surface area contributed by atoms with E-state index in [1.165, 1.54) is 18.4 Å². The molecule has 0 saturated carbocycles. The molecule has 186 valence electrons. The van der Waals surface area contributed by atoms with E-state index in [1.54, 1.807) is 11.8 Å². The molecule has 1 aliphatic rings. The van der Waals surface area contributed by atoms with Crippen LogP contribution in [0, 0.1) is 23.5 Å². The molecule has 2 aromatic rings. The van der Waals surface area contributed by atoms with Gasteiger partial charge in [-0.05, 0) is 38.7 Å². The average Bonchev–Trinajstić information content (AvgIpc) is 3.28. The van der Waals surface area contributed by atoms with Crippen molar-refractivity contribution in [3.05, 3.63) is 53.2 Å².